The molecule has 2 amide bonds. The van der Waals surface area contributed by atoms with Gasteiger partial charge in [0.25, 0.3) is 11.8 Å². The second-order valence-corrected chi connectivity index (χ2v) is 13.8. The summed E-state index contributed by atoms with van der Waals surface area (Å²) in [6.07, 6.45) is 9.90. The van der Waals surface area contributed by atoms with E-state index in [1.807, 2.05) is 48.2 Å². The van der Waals surface area contributed by atoms with Crippen molar-refractivity contribution in [2.45, 2.75) is 64.8 Å². The predicted octanol–water partition coefficient (Wildman–Crippen LogP) is 6.34. The normalized spacial score (nSPS) is 19.6. The van der Waals surface area contributed by atoms with E-state index >= 15 is 0 Å². The van der Waals surface area contributed by atoms with Gasteiger partial charge in [-0.3, -0.25) is 29.4 Å². The zero-order chi connectivity index (χ0) is 39.3. The Morgan fingerprint density at radius 2 is 1.21 bits per heavy atom. The van der Waals surface area contributed by atoms with Crippen molar-refractivity contribution < 1.29 is 42.8 Å². The summed E-state index contributed by atoms with van der Waals surface area (Å²) in [5, 5.41) is 0. The van der Waals surface area contributed by atoms with Crippen LogP contribution >= 0.6 is 0 Å². The lowest BCUT2D eigenvalue weighted by molar-refractivity contribution is -0.140. The van der Waals surface area contributed by atoms with Gasteiger partial charge in [0.2, 0.25) is 0 Å². The van der Waals surface area contributed by atoms with Gasteiger partial charge in [-0.2, -0.15) is 0 Å². The Hall–Kier alpha value is -6.18. The molecule has 0 unspecified atom stereocenters. The molecule has 0 spiro atoms. The van der Waals surface area contributed by atoms with Crippen LogP contribution < -0.4 is 23.7 Å². The zero-order valence-corrected chi connectivity index (χ0v) is 32.2. The van der Waals surface area contributed by atoms with Crippen molar-refractivity contribution in [3.63, 3.8) is 0 Å². The van der Waals surface area contributed by atoms with Crippen LogP contribution in [-0.2, 0) is 22.7 Å². The Balaban J connectivity index is 1.12. The summed E-state index contributed by atoms with van der Waals surface area (Å²) < 4.78 is 34.7. The third-order valence-electron chi connectivity index (χ3n) is 10.3. The number of allylic oxidation sites excluding steroid dienone is 2. The topological polar surface area (TPSA) is 151 Å². The minimum atomic E-state index is -0.320. The van der Waals surface area contributed by atoms with Crippen molar-refractivity contribution in [2.75, 3.05) is 41.0 Å². The third kappa shape index (κ3) is 7.95. The van der Waals surface area contributed by atoms with E-state index in [4.69, 9.17) is 33.4 Å². The first-order chi connectivity index (χ1) is 27.2. The Labute approximate surface area is 325 Å². The molecule has 7 rings (SSSR count). The molecule has 0 bridgehead atoms. The predicted molar refractivity (Wildman–Crippen MR) is 208 cm³/mol. The molecule has 2 aromatic carbocycles. The lowest BCUT2D eigenvalue weighted by atomic mass is 10.1. The fourth-order valence-electron chi connectivity index (χ4n) is 7.19. The molecular formula is C42H45N5O9. The van der Waals surface area contributed by atoms with Gasteiger partial charge in [0, 0.05) is 56.2 Å². The van der Waals surface area contributed by atoms with Crippen LogP contribution in [0.5, 0.6) is 28.7 Å². The molecule has 4 aliphatic heterocycles. The molecule has 2 atom stereocenters. The first-order valence-electron chi connectivity index (χ1n) is 18.6. The average molecular weight is 764 g/mol. The molecule has 56 heavy (non-hydrogen) atoms. The number of nitrogens with zero attached hydrogens (tertiary/aromatic N) is 5. The molecule has 2 saturated heterocycles. The fraction of sp³-hybridized carbons (Fsp3) is 0.381. The van der Waals surface area contributed by atoms with Gasteiger partial charge in [0.1, 0.15) is 19.0 Å². The number of methoxy groups -OCH3 is 3. The van der Waals surface area contributed by atoms with E-state index in [0.717, 1.165) is 12.8 Å². The van der Waals surface area contributed by atoms with E-state index in [2.05, 4.69) is 9.98 Å². The van der Waals surface area contributed by atoms with E-state index in [9.17, 15) is 14.4 Å². The molecule has 292 valence electrons. The second-order valence-electron chi connectivity index (χ2n) is 13.8. The van der Waals surface area contributed by atoms with E-state index in [1.165, 1.54) is 32.5 Å². The van der Waals surface area contributed by atoms with Crippen LogP contribution in [-0.4, -0.2) is 98.1 Å². The fourth-order valence-corrected chi connectivity index (χ4v) is 7.19. The van der Waals surface area contributed by atoms with Gasteiger partial charge in [0.05, 0.1) is 73.9 Å². The zero-order valence-electron chi connectivity index (χ0n) is 32.2. The van der Waals surface area contributed by atoms with Crippen molar-refractivity contribution >= 4 is 41.6 Å². The number of carbonyl (C=O) groups excluding carboxylic acids is 3. The van der Waals surface area contributed by atoms with Gasteiger partial charge >= 0.3 is 5.97 Å². The maximum Gasteiger partial charge on any atom is 0.305 e. The summed E-state index contributed by atoms with van der Waals surface area (Å²) in [7, 11) is 4.39. The van der Waals surface area contributed by atoms with Crippen molar-refractivity contribution in [3.05, 3.63) is 82.2 Å². The van der Waals surface area contributed by atoms with Crippen LogP contribution in [0.15, 0.2) is 69.7 Å². The summed E-state index contributed by atoms with van der Waals surface area (Å²) in [5.41, 5.74) is 5.32. The van der Waals surface area contributed by atoms with E-state index < -0.39 is 0 Å². The molecule has 5 heterocycles. The molecule has 14 nitrogen and oxygen atoms in total. The maximum absolute atomic E-state index is 13.6. The standard InChI is InChI=1S/C42H45N5O9/c1-6-25-11-29-19-43-34-17-38(36(51-3)15-32(34)41(49)46(29)21-25)55-23-27-13-31(54-10-8-9-40(48)53-5)14-28(45-27)24-56-39-18-35-33(16-37(39)52-4)42(50)47-22-26(7-2)12-30(47)20-44-35/h6-7,13-20,29-30H,8-12,21-24H2,1-5H3/t29-,30-/m0/s1. The molecule has 2 fully saturated rings. The lowest BCUT2D eigenvalue weighted by Crippen LogP contribution is -2.35. The van der Waals surface area contributed by atoms with Gasteiger partial charge < -0.3 is 38.2 Å². The average Bonchev–Trinajstić information content (AvgIpc) is 3.79. The largest absolute Gasteiger partial charge is 0.493 e. The molecular weight excluding hydrogens is 718 g/mol. The molecule has 0 saturated carbocycles. The van der Waals surface area contributed by atoms with Gasteiger partial charge in [-0.1, -0.05) is 23.3 Å². The lowest BCUT2D eigenvalue weighted by Gasteiger charge is -2.20. The molecule has 0 N–H and O–H groups in total. The number of esters is 1. The number of pyridine rings is 1. The van der Waals surface area contributed by atoms with Crippen molar-refractivity contribution in [2.24, 2.45) is 9.98 Å². The molecule has 0 radical (unpaired) electrons. The number of ether oxygens (including phenoxy) is 6. The highest BCUT2D eigenvalue weighted by Crippen LogP contribution is 2.41. The Morgan fingerprint density at radius 3 is 1.66 bits per heavy atom. The quantitative estimate of drug-likeness (QED) is 0.110. The first kappa shape index (κ1) is 38.1. The number of aliphatic imine (C=N–C) groups is 2. The second kappa shape index (κ2) is 16.7. The number of amides is 2. The monoisotopic (exact) mass is 763 g/mol. The van der Waals surface area contributed by atoms with Gasteiger partial charge in [0.15, 0.2) is 23.0 Å². The SMILES string of the molecule is CC=C1C[C@H]2C=Nc3cc(OCc4cc(OCCCC(=O)OC)cc(COc5cc6c(cc5OC)C(=O)N5CC(=CC)C[C@H]5C=N6)n4)c(OC)cc3C(=O)N2C1. The number of aromatic nitrogens is 1. The van der Waals surface area contributed by atoms with Crippen LogP contribution in [0, 0.1) is 0 Å². The van der Waals surface area contributed by atoms with Gasteiger partial charge in [-0.15, -0.1) is 0 Å². The summed E-state index contributed by atoms with van der Waals surface area (Å²) in [4.78, 5) is 56.6. The summed E-state index contributed by atoms with van der Waals surface area (Å²) in [5.74, 6) is 1.51. The van der Waals surface area contributed by atoms with Crippen LogP contribution in [0.4, 0.5) is 11.4 Å². The molecule has 14 heteroatoms. The molecule has 3 aromatic rings. The number of fused-ring (bicyclic) bond motifs is 4. The van der Waals surface area contributed by atoms with E-state index in [1.54, 1.807) is 36.4 Å². The van der Waals surface area contributed by atoms with Crippen molar-refractivity contribution in [3.8, 4) is 28.7 Å². The highest BCUT2D eigenvalue weighted by atomic mass is 16.5. The number of rotatable bonds is 13. The molecule has 4 aliphatic rings. The van der Waals surface area contributed by atoms with E-state index in [0.29, 0.717) is 82.1 Å². The highest BCUT2D eigenvalue weighted by Gasteiger charge is 2.36. The molecule has 0 aliphatic carbocycles. The molecule has 1 aromatic heterocycles. The highest BCUT2D eigenvalue weighted by molar-refractivity contribution is 6.04. The minimum Gasteiger partial charge on any atom is -0.493 e. The van der Waals surface area contributed by atoms with Crippen LogP contribution in [0.3, 0.4) is 0 Å². The van der Waals surface area contributed by atoms with Crippen LogP contribution in [0.25, 0.3) is 0 Å². The maximum atomic E-state index is 13.6. The summed E-state index contributed by atoms with van der Waals surface area (Å²) >= 11 is 0. The first-order valence-corrected chi connectivity index (χ1v) is 18.6. The van der Waals surface area contributed by atoms with Gasteiger partial charge in [-0.25, -0.2) is 0 Å². The van der Waals surface area contributed by atoms with Crippen LogP contribution in [0.2, 0.25) is 0 Å². The third-order valence-corrected chi connectivity index (χ3v) is 10.3. The Bertz CT molecular complexity index is 2020. The van der Waals surface area contributed by atoms with Crippen LogP contribution in [0.1, 0.15) is 71.6 Å². The smallest absolute Gasteiger partial charge is 0.305 e. The number of hydrogen-bond acceptors (Lipinski definition) is 12. The van der Waals surface area contributed by atoms with E-state index in [-0.39, 0.29) is 56.1 Å². The minimum absolute atomic E-state index is 0.0180. The summed E-state index contributed by atoms with van der Waals surface area (Å²) in [6, 6.07) is 10.0. The Morgan fingerprint density at radius 1 is 0.714 bits per heavy atom. The summed E-state index contributed by atoms with van der Waals surface area (Å²) in [6.45, 7) is 5.39. The van der Waals surface area contributed by atoms with Crippen molar-refractivity contribution in [1.82, 2.24) is 14.8 Å². The van der Waals surface area contributed by atoms with Crippen molar-refractivity contribution in [1.29, 1.82) is 0 Å². The number of benzene rings is 2. The Kier molecular flexibility index (Phi) is 11.3. The van der Waals surface area contributed by atoms with Gasteiger partial charge in [-0.05, 0) is 45.2 Å². The number of carbonyl (C=O) groups is 3. The number of hydrogen-bond donors (Lipinski definition) is 0.